The summed E-state index contributed by atoms with van der Waals surface area (Å²) in [7, 11) is 2.72. The second kappa shape index (κ2) is 9.39. The first-order valence-electron chi connectivity index (χ1n) is 11.7. The number of nitrogens with zero attached hydrogens (tertiary/aromatic N) is 3. The molecule has 198 valence electrons. The molecular formula is C26H23ClF2N4O5. The summed E-state index contributed by atoms with van der Waals surface area (Å²) in [6.45, 7) is 0.981. The number of hydrogen-bond donors (Lipinski definition) is 2. The highest BCUT2D eigenvalue weighted by Gasteiger charge is 2.55. The Balaban J connectivity index is 1.26. The molecule has 5 rings (SSSR count). The van der Waals surface area contributed by atoms with E-state index in [-0.39, 0.29) is 50.7 Å². The van der Waals surface area contributed by atoms with E-state index in [4.69, 9.17) is 21.4 Å². The van der Waals surface area contributed by atoms with Crippen LogP contribution >= 0.6 is 11.6 Å². The lowest BCUT2D eigenvalue weighted by Crippen LogP contribution is -2.64. The molecule has 9 nitrogen and oxygen atoms in total. The van der Waals surface area contributed by atoms with Gasteiger partial charge in [-0.15, -0.1) is 0 Å². The number of carbonyl (C=O) groups is 3. The van der Waals surface area contributed by atoms with E-state index in [0.29, 0.717) is 31.6 Å². The number of amides is 2. The average molecular weight is 545 g/mol. The summed E-state index contributed by atoms with van der Waals surface area (Å²) in [4.78, 5) is 42.5. The molecule has 1 saturated carbocycles. The Morgan fingerprint density at radius 2 is 1.87 bits per heavy atom. The zero-order valence-corrected chi connectivity index (χ0v) is 21.2. The third-order valence-corrected chi connectivity index (χ3v) is 7.55. The minimum atomic E-state index is -1.15. The first-order valence-corrected chi connectivity index (χ1v) is 12.1. The van der Waals surface area contributed by atoms with Gasteiger partial charge in [0.25, 0.3) is 11.8 Å². The number of halogens is 3. The zero-order valence-electron chi connectivity index (χ0n) is 20.4. The molecule has 0 bridgehead atoms. The first kappa shape index (κ1) is 25.7. The van der Waals surface area contributed by atoms with Gasteiger partial charge in [0.15, 0.2) is 17.4 Å². The van der Waals surface area contributed by atoms with Crippen molar-refractivity contribution in [1.29, 1.82) is 0 Å². The number of carboxylic acids is 1. The van der Waals surface area contributed by atoms with E-state index < -0.39 is 23.5 Å². The van der Waals surface area contributed by atoms with Crippen LogP contribution in [-0.2, 0) is 11.8 Å². The summed E-state index contributed by atoms with van der Waals surface area (Å²) in [6.07, 6.45) is 2.40. The topological polar surface area (TPSA) is 114 Å². The van der Waals surface area contributed by atoms with Crippen molar-refractivity contribution in [2.24, 2.45) is 18.4 Å². The smallest absolute Gasteiger partial charge is 0.306 e. The molecule has 0 atom stereocenters. The fraction of sp³-hybridized carbons (Fsp3) is 0.308. The van der Waals surface area contributed by atoms with E-state index in [1.807, 2.05) is 0 Å². The summed E-state index contributed by atoms with van der Waals surface area (Å²) < 4.78 is 34.8. The molecular weight excluding hydrogens is 522 g/mol. The maximum atomic E-state index is 14.6. The van der Waals surface area contributed by atoms with Crippen LogP contribution in [0, 0.1) is 23.0 Å². The molecule has 3 aromatic rings. The van der Waals surface area contributed by atoms with Gasteiger partial charge in [-0.3, -0.25) is 14.4 Å². The van der Waals surface area contributed by atoms with E-state index in [1.165, 1.54) is 55.3 Å². The number of aromatic nitrogens is 2. The number of benzene rings is 2. The van der Waals surface area contributed by atoms with Crippen LogP contribution in [0.5, 0.6) is 5.75 Å². The summed E-state index contributed by atoms with van der Waals surface area (Å²) in [5.74, 6) is -4.60. The molecule has 38 heavy (non-hydrogen) atoms. The molecule has 2 aliphatic rings. The fourth-order valence-corrected chi connectivity index (χ4v) is 5.47. The lowest BCUT2D eigenvalue weighted by atomic mass is 9.57. The van der Waals surface area contributed by atoms with Crippen molar-refractivity contribution in [2.45, 2.75) is 12.8 Å². The predicted molar refractivity (Wildman–Crippen MR) is 133 cm³/mol. The van der Waals surface area contributed by atoms with Gasteiger partial charge in [0.1, 0.15) is 0 Å². The third kappa shape index (κ3) is 4.26. The Hall–Kier alpha value is -3.99. The number of rotatable bonds is 6. The molecule has 0 unspecified atom stereocenters. The Bertz CT molecular complexity index is 1480. The molecule has 2 amide bonds. The normalized spacial score (nSPS) is 16.1. The molecule has 1 saturated heterocycles. The van der Waals surface area contributed by atoms with Gasteiger partial charge in [-0.1, -0.05) is 11.6 Å². The molecule has 2 fully saturated rings. The van der Waals surface area contributed by atoms with E-state index in [1.54, 1.807) is 4.90 Å². The number of carboxylic acid groups (broad SMARTS) is 1. The maximum Gasteiger partial charge on any atom is 0.306 e. The minimum absolute atomic E-state index is 0.0575. The van der Waals surface area contributed by atoms with Crippen molar-refractivity contribution < 1.29 is 33.0 Å². The number of ether oxygens (including phenoxy) is 1. The van der Waals surface area contributed by atoms with E-state index in [0.717, 1.165) is 0 Å². The molecule has 1 aliphatic carbocycles. The van der Waals surface area contributed by atoms with E-state index >= 15 is 0 Å². The number of imidazole rings is 1. The number of carbonyl (C=O) groups excluding carboxylic acids is 2. The molecule has 0 radical (unpaired) electrons. The van der Waals surface area contributed by atoms with Crippen LogP contribution in [-0.4, -0.2) is 57.5 Å². The summed E-state index contributed by atoms with van der Waals surface area (Å²) >= 11 is 6.35. The number of anilines is 1. The SMILES string of the molecule is COc1ccc(-c2cnc(C(=O)Nc3ccc(C(=O)N4CC5(CC(C(=O)O)C5)C4)c(Cl)c3)n2C)c(F)c1F. The number of nitrogens with one attached hydrogen (secondary N) is 1. The van der Waals surface area contributed by atoms with Gasteiger partial charge in [-0.25, -0.2) is 9.37 Å². The molecule has 1 spiro atoms. The van der Waals surface area contributed by atoms with Gasteiger partial charge in [-0.2, -0.15) is 4.39 Å². The first-order chi connectivity index (χ1) is 18.0. The molecule has 12 heteroatoms. The van der Waals surface area contributed by atoms with Crippen LogP contribution in [0.3, 0.4) is 0 Å². The second-order valence-electron chi connectivity index (χ2n) is 9.72. The highest BCUT2D eigenvalue weighted by atomic mass is 35.5. The standard InChI is InChI=1S/C26H23ClF2N4O5/c1-32-18(16-5-6-19(38-2)21(29)20(16)28)10-30-22(32)23(34)31-14-3-4-15(17(27)7-14)24(35)33-11-26(12-33)8-13(9-26)25(36)37/h3-7,10,13H,8-9,11-12H2,1-2H3,(H,31,34)(H,36,37). The van der Waals surface area contributed by atoms with Crippen molar-refractivity contribution in [1.82, 2.24) is 14.5 Å². The van der Waals surface area contributed by atoms with Crippen LogP contribution in [0.2, 0.25) is 5.02 Å². The second-order valence-corrected chi connectivity index (χ2v) is 10.1. The van der Waals surface area contributed by atoms with Crippen molar-refractivity contribution in [3.8, 4) is 17.0 Å². The Labute approximate surface area is 221 Å². The van der Waals surface area contributed by atoms with Crippen molar-refractivity contribution >= 4 is 35.1 Å². The van der Waals surface area contributed by atoms with E-state index in [2.05, 4.69) is 10.3 Å². The molecule has 2 heterocycles. The largest absolute Gasteiger partial charge is 0.494 e. The molecule has 1 aliphatic heterocycles. The van der Waals surface area contributed by atoms with Gasteiger partial charge in [0.2, 0.25) is 5.82 Å². The number of aliphatic carboxylic acids is 1. The van der Waals surface area contributed by atoms with E-state index in [9.17, 15) is 23.2 Å². The lowest BCUT2D eigenvalue weighted by Gasteiger charge is -2.58. The summed E-state index contributed by atoms with van der Waals surface area (Å²) in [5.41, 5.74) is 0.565. The van der Waals surface area contributed by atoms with Gasteiger partial charge < -0.3 is 24.6 Å². The minimum Gasteiger partial charge on any atom is -0.494 e. The Morgan fingerprint density at radius 3 is 2.50 bits per heavy atom. The van der Waals surface area contributed by atoms with Crippen molar-refractivity contribution in [2.75, 3.05) is 25.5 Å². The van der Waals surface area contributed by atoms with Crippen LogP contribution < -0.4 is 10.1 Å². The van der Waals surface area contributed by atoms with Crippen LogP contribution in [0.25, 0.3) is 11.3 Å². The van der Waals surface area contributed by atoms with Crippen LogP contribution in [0.1, 0.15) is 33.8 Å². The highest BCUT2D eigenvalue weighted by molar-refractivity contribution is 6.34. The van der Waals surface area contributed by atoms with Gasteiger partial charge >= 0.3 is 5.97 Å². The molecule has 2 N–H and O–H groups in total. The maximum absolute atomic E-state index is 14.6. The van der Waals surface area contributed by atoms with Crippen LogP contribution in [0.15, 0.2) is 36.5 Å². The number of hydrogen-bond acceptors (Lipinski definition) is 5. The monoisotopic (exact) mass is 544 g/mol. The third-order valence-electron chi connectivity index (χ3n) is 7.24. The van der Waals surface area contributed by atoms with Crippen LogP contribution in [0.4, 0.5) is 14.5 Å². The molecule has 1 aromatic heterocycles. The lowest BCUT2D eigenvalue weighted by molar-refractivity contribution is -0.157. The summed E-state index contributed by atoms with van der Waals surface area (Å²) in [5, 5.41) is 11.9. The van der Waals surface area contributed by atoms with Crippen molar-refractivity contribution in [3.63, 3.8) is 0 Å². The average Bonchev–Trinajstić information content (AvgIpc) is 3.20. The predicted octanol–water partition coefficient (Wildman–Crippen LogP) is 4.22. The number of likely N-dealkylation sites (tertiary alicyclic amines) is 1. The highest BCUT2D eigenvalue weighted by Crippen LogP contribution is 2.52. The summed E-state index contributed by atoms with van der Waals surface area (Å²) in [6, 6.07) is 7.09. The molecule has 2 aromatic carbocycles. The van der Waals surface area contributed by atoms with Gasteiger partial charge in [0, 0.05) is 36.8 Å². The number of methoxy groups -OCH3 is 1. The quantitative estimate of drug-likeness (QED) is 0.480. The van der Waals surface area contributed by atoms with Gasteiger partial charge in [0.05, 0.1) is 35.5 Å². The Kier molecular flexibility index (Phi) is 6.34. The Morgan fingerprint density at radius 1 is 1.16 bits per heavy atom. The zero-order chi connectivity index (χ0) is 27.4. The fourth-order valence-electron chi connectivity index (χ4n) is 5.21. The van der Waals surface area contributed by atoms with Gasteiger partial charge in [-0.05, 0) is 43.2 Å². The van der Waals surface area contributed by atoms with Crippen molar-refractivity contribution in [3.05, 3.63) is 64.6 Å².